The number of hydrogen-bond donors (Lipinski definition) is 0. The van der Waals surface area contributed by atoms with Crippen LogP contribution in [0.4, 0.5) is 0 Å². The summed E-state index contributed by atoms with van der Waals surface area (Å²) in [6.07, 6.45) is 3.19. The molecule has 0 bridgehead atoms. The number of aliphatic imine (C=N–C) groups is 1. The molecule has 0 unspecified atom stereocenters. The van der Waals surface area contributed by atoms with Gasteiger partial charge in [0.05, 0.1) is 0 Å². The van der Waals surface area contributed by atoms with Crippen molar-refractivity contribution in [1.29, 1.82) is 0 Å². The summed E-state index contributed by atoms with van der Waals surface area (Å²) in [6.45, 7) is 19.2. The standard InChI is InChI=1S/C4H7N.2C2H6.C2H4/c1-3-5-4-2;3*1-2/h3-4H,1H2,2H3;2*1-2H3;1-2H2. The van der Waals surface area contributed by atoms with Crippen LogP contribution in [-0.2, 0) is 0 Å². The molecular formula is C10H23N. The lowest BCUT2D eigenvalue weighted by Gasteiger charge is -1.58. The van der Waals surface area contributed by atoms with Crippen molar-refractivity contribution in [3.8, 4) is 0 Å². The number of nitrogens with zero attached hydrogens (tertiary/aromatic N) is 1. The van der Waals surface area contributed by atoms with Crippen molar-refractivity contribution >= 4 is 6.21 Å². The highest BCUT2D eigenvalue weighted by Crippen LogP contribution is 1.57. The second-order valence-electron chi connectivity index (χ2n) is 0.590. The maximum atomic E-state index is 3.61. The summed E-state index contributed by atoms with van der Waals surface area (Å²) in [5.41, 5.74) is 0. The zero-order valence-electron chi connectivity index (χ0n) is 8.72. The van der Waals surface area contributed by atoms with Crippen molar-refractivity contribution < 1.29 is 0 Å². The first-order valence-electron chi connectivity index (χ1n) is 4.00. The molecule has 0 radical (unpaired) electrons. The van der Waals surface area contributed by atoms with Crippen LogP contribution in [0, 0.1) is 0 Å². The molecule has 0 heterocycles. The maximum Gasteiger partial charge on any atom is 0.0191 e. The molecule has 0 saturated carbocycles. The van der Waals surface area contributed by atoms with E-state index in [1.807, 2.05) is 34.6 Å². The first kappa shape index (κ1) is 22.5. The van der Waals surface area contributed by atoms with E-state index in [1.54, 1.807) is 6.21 Å². The smallest absolute Gasteiger partial charge is 0.0191 e. The summed E-state index contributed by atoms with van der Waals surface area (Å²) in [4.78, 5) is 3.61. The Morgan fingerprint density at radius 1 is 1.00 bits per heavy atom. The van der Waals surface area contributed by atoms with Gasteiger partial charge in [0.2, 0.25) is 0 Å². The highest BCUT2D eigenvalue weighted by molar-refractivity contribution is 5.53. The van der Waals surface area contributed by atoms with Gasteiger partial charge in [0.1, 0.15) is 0 Å². The van der Waals surface area contributed by atoms with Crippen LogP contribution in [0.15, 0.2) is 30.9 Å². The Hall–Kier alpha value is -0.850. The van der Waals surface area contributed by atoms with E-state index in [2.05, 4.69) is 24.7 Å². The zero-order valence-corrected chi connectivity index (χ0v) is 8.72. The van der Waals surface area contributed by atoms with E-state index in [4.69, 9.17) is 0 Å². The fraction of sp³-hybridized carbons (Fsp3) is 0.500. The van der Waals surface area contributed by atoms with Gasteiger partial charge in [0, 0.05) is 12.4 Å². The van der Waals surface area contributed by atoms with E-state index in [-0.39, 0.29) is 0 Å². The number of hydrogen-bond acceptors (Lipinski definition) is 1. The Balaban J connectivity index is -0.0000000350. The van der Waals surface area contributed by atoms with Crippen molar-refractivity contribution in [3.05, 3.63) is 25.9 Å². The fourth-order valence-corrected chi connectivity index (χ4v) is 0.105. The summed E-state index contributed by atoms with van der Waals surface area (Å²) in [7, 11) is 0. The second-order valence-corrected chi connectivity index (χ2v) is 0.590. The molecule has 0 spiro atoms. The Bertz CT molecular complexity index is 55.9. The molecule has 0 aliphatic rings. The van der Waals surface area contributed by atoms with E-state index in [0.717, 1.165) is 0 Å². The van der Waals surface area contributed by atoms with Crippen LogP contribution in [0.1, 0.15) is 34.6 Å². The van der Waals surface area contributed by atoms with E-state index < -0.39 is 0 Å². The van der Waals surface area contributed by atoms with E-state index >= 15 is 0 Å². The molecule has 0 saturated heterocycles. The predicted molar refractivity (Wildman–Crippen MR) is 58.3 cm³/mol. The van der Waals surface area contributed by atoms with Gasteiger partial charge in [-0.25, -0.2) is 0 Å². The average Bonchev–Trinajstić information content (AvgIpc) is 2.16. The summed E-state index contributed by atoms with van der Waals surface area (Å²) in [5, 5.41) is 0. The molecule has 68 valence electrons. The zero-order chi connectivity index (χ0) is 10.1. The Labute approximate surface area is 72.6 Å². The van der Waals surface area contributed by atoms with Crippen molar-refractivity contribution in [2.24, 2.45) is 4.99 Å². The highest BCUT2D eigenvalue weighted by Gasteiger charge is 1.40. The monoisotopic (exact) mass is 157 g/mol. The molecule has 0 aliphatic heterocycles. The second kappa shape index (κ2) is 131. The van der Waals surface area contributed by atoms with Crippen molar-refractivity contribution in [3.63, 3.8) is 0 Å². The van der Waals surface area contributed by atoms with E-state index in [1.165, 1.54) is 6.20 Å². The molecule has 11 heavy (non-hydrogen) atoms. The summed E-state index contributed by atoms with van der Waals surface area (Å²) < 4.78 is 0. The maximum absolute atomic E-state index is 3.61. The van der Waals surface area contributed by atoms with Crippen molar-refractivity contribution in [2.45, 2.75) is 34.6 Å². The highest BCUT2D eigenvalue weighted by atomic mass is 14.6. The normalized spacial score (nSPS) is 5.55. The molecule has 1 nitrogen and oxygen atoms in total. The summed E-state index contributed by atoms with van der Waals surface area (Å²) in [6, 6.07) is 0. The van der Waals surface area contributed by atoms with Gasteiger partial charge in [-0.1, -0.05) is 34.3 Å². The third-order valence-corrected chi connectivity index (χ3v) is 0.254. The van der Waals surface area contributed by atoms with Gasteiger partial charge in [0.15, 0.2) is 0 Å². The molecule has 0 aromatic heterocycles. The van der Waals surface area contributed by atoms with Crippen LogP contribution in [0.25, 0.3) is 0 Å². The van der Waals surface area contributed by atoms with Crippen LogP contribution >= 0.6 is 0 Å². The largest absolute Gasteiger partial charge is 0.270 e. The molecule has 0 N–H and O–H groups in total. The van der Waals surface area contributed by atoms with Gasteiger partial charge < -0.3 is 0 Å². The summed E-state index contributed by atoms with van der Waals surface area (Å²) in [5.74, 6) is 0. The molecule has 0 amide bonds. The SMILES string of the molecule is C=C.C=CN=CC.CC.CC. The first-order valence-corrected chi connectivity index (χ1v) is 4.00. The Kier molecular flexibility index (Phi) is 269. The van der Waals surface area contributed by atoms with E-state index in [0.29, 0.717) is 0 Å². The third kappa shape index (κ3) is 354. The lowest BCUT2D eigenvalue weighted by molar-refractivity contribution is 1.50. The Morgan fingerprint density at radius 3 is 1.27 bits per heavy atom. The Morgan fingerprint density at radius 2 is 1.27 bits per heavy atom. The third-order valence-electron chi connectivity index (χ3n) is 0.254. The quantitative estimate of drug-likeness (QED) is 0.402. The van der Waals surface area contributed by atoms with E-state index in [9.17, 15) is 0 Å². The molecule has 1 heteroatoms. The van der Waals surface area contributed by atoms with Gasteiger partial charge >= 0.3 is 0 Å². The van der Waals surface area contributed by atoms with Crippen LogP contribution in [0.2, 0.25) is 0 Å². The lowest BCUT2D eigenvalue weighted by atomic mass is 10.9. The van der Waals surface area contributed by atoms with Gasteiger partial charge in [-0.05, 0) is 6.92 Å². The van der Waals surface area contributed by atoms with Gasteiger partial charge in [-0.15, -0.1) is 13.2 Å². The van der Waals surface area contributed by atoms with Crippen molar-refractivity contribution in [1.82, 2.24) is 0 Å². The first-order chi connectivity index (χ1) is 5.41. The number of rotatable bonds is 1. The molecule has 0 atom stereocenters. The minimum absolute atomic E-state index is 1.50. The van der Waals surface area contributed by atoms with Gasteiger partial charge in [-0.3, -0.25) is 4.99 Å². The van der Waals surface area contributed by atoms with Crippen LogP contribution in [-0.4, -0.2) is 6.21 Å². The average molecular weight is 157 g/mol. The molecule has 0 rings (SSSR count). The molecule has 0 aliphatic carbocycles. The van der Waals surface area contributed by atoms with Crippen LogP contribution in [0.3, 0.4) is 0 Å². The van der Waals surface area contributed by atoms with Gasteiger partial charge in [-0.2, -0.15) is 0 Å². The van der Waals surface area contributed by atoms with Crippen LogP contribution in [0.5, 0.6) is 0 Å². The lowest BCUT2D eigenvalue weighted by Crippen LogP contribution is -1.46. The minimum Gasteiger partial charge on any atom is -0.270 e. The van der Waals surface area contributed by atoms with Crippen LogP contribution < -0.4 is 0 Å². The minimum atomic E-state index is 1.50. The molecule has 0 aromatic rings. The topological polar surface area (TPSA) is 12.4 Å². The summed E-state index contributed by atoms with van der Waals surface area (Å²) >= 11 is 0. The predicted octanol–water partition coefficient (Wildman–Crippen LogP) is 4.08. The molecule has 0 aromatic carbocycles. The van der Waals surface area contributed by atoms with Gasteiger partial charge in [0.25, 0.3) is 0 Å². The van der Waals surface area contributed by atoms with Crippen molar-refractivity contribution in [2.75, 3.05) is 0 Å². The molecular weight excluding hydrogens is 134 g/mol. The fourth-order valence-electron chi connectivity index (χ4n) is 0.105. The molecule has 0 fully saturated rings.